The van der Waals surface area contributed by atoms with E-state index in [2.05, 4.69) is 11.9 Å². The number of halogens is 1. The Morgan fingerprint density at radius 1 is 1.42 bits per heavy atom. The third-order valence-corrected chi connectivity index (χ3v) is 1.39. The Morgan fingerprint density at radius 2 is 2.25 bits per heavy atom. The second-order valence-corrected chi connectivity index (χ2v) is 2.37. The summed E-state index contributed by atoms with van der Waals surface area (Å²) in [5.74, 6) is 0.723. The predicted octanol–water partition coefficient (Wildman–Crippen LogP) is 2.68. The highest BCUT2D eigenvalue weighted by molar-refractivity contribution is 5.85. The zero-order chi connectivity index (χ0) is 7.94. The van der Waals surface area contributed by atoms with Crippen LogP contribution in [0.15, 0.2) is 24.4 Å². The maximum absolute atomic E-state index is 5.34. The fourth-order valence-corrected chi connectivity index (χ4v) is 0.754. The number of pyridine rings is 1. The van der Waals surface area contributed by atoms with Gasteiger partial charge in [-0.15, -0.1) is 12.4 Å². The van der Waals surface area contributed by atoms with E-state index < -0.39 is 0 Å². The van der Waals surface area contributed by atoms with Crippen LogP contribution in [0.5, 0.6) is 5.88 Å². The van der Waals surface area contributed by atoms with Crippen molar-refractivity contribution in [3.8, 4) is 5.88 Å². The maximum Gasteiger partial charge on any atom is 0.213 e. The Morgan fingerprint density at radius 3 is 2.83 bits per heavy atom. The van der Waals surface area contributed by atoms with Crippen LogP contribution < -0.4 is 4.74 Å². The lowest BCUT2D eigenvalue weighted by Gasteiger charge is -2.01. The van der Waals surface area contributed by atoms with E-state index in [0.717, 1.165) is 25.3 Å². The van der Waals surface area contributed by atoms with Gasteiger partial charge >= 0.3 is 0 Å². The molecule has 0 saturated carbocycles. The van der Waals surface area contributed by atoms with Gasteiger partial charge in [0, 0.05) is 12.3 Å². The first-order valence-electron chi connectivity index (χ1n) is 3.97. The summed E-state index contributed by atoms with van der Waals surface area (Å²) >= 11 is 0. The molecule has 0 N–H and O–H groups in total. The number of aromatic nitrogens is 1. The zero-order valence-corrected chi connectivity index (χ0v) is 8.01. The number of rotatable bonds is 4. The molecule has 2 nitrogen and oxygen atoms in total. The topological polar surface area (TPSA) is 22.1 Å². The molecule has 3 heteroatoms. The average Bonchev–Trinajstić information content (AvgIpc) is 2.07. The number of ether oxygens (including phenoxy) is 1. The van der Waals surface area contributed by atoms with Crippen molar-refractivity contribution in [2.75, 3.05) is 6.61 Å². The van der Waals surface area contributed by atoms with Gasteiger partial charge in [-0.25, -0.2) is 4.98 Å². The molecular weight excluding hydrogens is 174 g/mol. The molecule has 0 saturated heterocycles. The van der Waals surface area contributed by atoms with E-state index in [0.29, 0.717) is 0 Å². The van der Waals surface area contributed by atoms with Crippen LogP contribution in [0.4, 0.5) is 0 Å². The van der Waals surface area contributed by atoms with E-state index >= 15 is 0 Å². The molecule has 0 aliphatic rings. The van der Waals surface area contributed by atoms with Gasteiger partial charge in [0.05, 0.1) is 6.61 Å². The molecule has 0 fully saturated rings. The molecule has 68 valence electrons. The van der Waals surface area contributed by atoms with E-state index in [4.69, 9.17) is 4.74 Å². The summed E-state index contributed by atoms with van der Waals surface area (Å²) in [5.41, 5.74) is 0. The van der Waals surface area contributed by atoms with Crippen molar-refractivity contribution in [1.82, 2.24) is 4.98 Å². The fourth-order valence-electron chi connectivity index (χ4n) is 0.754. The molecule has 1 aromatic heterocycles. The Hall–Kier alpha value is -0.760. The van der Waals surface area contributed by atoms with Crippen molar-refractivity contribution in [1.29, 1.82) is 0 Å². The van der Waals surface area contributed by atoms with Crippen LogP contribution >= 0.6 is 12.4 Å². The van der Waals surface area contributed by atoms with Crippen molar-refractivity contribution in [2.45, 2.75) is 19.8 Å². The van der Waals surface area contributed by atoms with E-state index in [1.165, 1.54) is 0 Å². The van der Waals surface area contributed by atoms with Crippen molar-refractivity contribution >= 4 is 12.4 Å². The van der Waals surface area contributed by atoms with Crippen molar-refractivity contribution in [2.24, 2.45) is 0 Å². The summed E-state index contributed by atoms with van der Waals surface area (Å²) in [6.45, 7) is 2.91. The molecule has 0 aliphatic heterocycles. The van der Waals surface area contributed by atoms with Gasteiger partial charge in [-0.2, -0.15) is 0 Å². The van der Waals surface area contributed by atoms with E-state index in [9.17, 15) is 0 Å². The largest absolute Gasteiger partial charge is 0.478 e. The standard InChI is InChI=1S/C9H13NO.ClH/c1-2-3-8-11-9-6-4-5-7-10-9;/h4-7H,2-3,8H2,1H3;1H. The molecule has 0 spiro atoms. The van der Waals surface area contributed by atoms with Crippen LogP contribution in [0.25, 0.3) is 0 Å². The lowest BCUT2D eigenvalue weighted by molar-refractivity contribution is 0.298. The van der Waals surface area contributed by atoms with E-state index in [-0.39, 0.29) is 12.4 Å². The summed E-state index contributed by atoms with van der Waals surface area (Å²) in [6, 6.07) is 5.68. The second-order valence-electron chi connectivity index (χ2n) is 2.37. The van der Waals surface area contributed by atoms with Crippen LogP contribution in [0.1, 0.15) is 19.8 Å². The van der Waals surface area contributed by atoms with Crippen molar-refractivity contribution < 1.29 is 4.74 Å². The molecular formula is C9H14ClNO. The molecule has 12 heavy (non-hydrogen) atoms. The van der Waals surface area contributed by atoms with E-state index in [1.54, 1.807) is 6.20 Å². The number of nitrogens with zero attached hydrogens (tertiary/aromatic N) is 1. The highest BCUT2D eigenvalue weighted by Crippen LogP contribution is 2.03. The molecule has 1 rings (SSSR count). The summed E-state index contributed by atoms with van der Waals surface area (Å²) in [4.78, 5) is 4.03. The Kier molecular flexibility index (Phi) is 6.48. The smallest absolute Gasteiger partial charge is 0.213 e. The fraction of sp³-hybridized carbons (Fsp3) is 0.444. The summed E-state index contributed by atoms with van der Waals surface area (Å²) in [6.07, 6.45) is 3.99. The molecule has 1 aromatic rings. The number of hydrogen-bond acceptors (Lipinski definition) is 2. The minimum absolute atomic E-state index is 0. The lowest BCUT2D eigenvalue weighted by Crippen LogP contribution is -1.97. The van der Waals surface area contributed by atoms with Crippen molar-refractivity contribution in [3.05, 3.63) is 24.4 Å². The van der Waals surface area contributed by atoms with Crippen LogP contribution in [-0.4, -0.2) is 11.6 Å². The molecule has 0 aliphatic carbocycles. The minimum atomic E-state index is 0. The third kappa shape index (κ3) is 4.19. The SMILES string of the molecule is CCCCOc1ccccn1.Cl. The first kappa shape index (κ1) is 11.2. The second kappa shape index (κ2) is 6.92. The zero-order valence-electron chi connectivity index (χ0n) is 7.19. The van der Waals surface area contributed by atoms with Gasteiger partial charge in [0.2, 0.25) is 5.88 Å². The van der Waals surface area contributed by atoms with Gasteiger partial charge in [0.1, 0.15) is 0 Å². The first-order valence-corrected chi connectivity index (χ1v) is 3.97. The quantitative estimate of drug-likeness (QED) is 0.677. The summed E-state index contributed by atoms with van der Waals surface area (Å²) in [5, 5.41) is 0. The molecule has 1 heterocycles. The number of unbranched alkanes of at least 4 members (excludes halogenated alkanes) is 1. The van der Waals surface area contributed by atoms with Gasteiger partial charge in [-0.1, -0.05) is 19.4 Å². The summed E-state index contributed by atoms with van der Waals surface area (Å²) < 4.78 is 5.34. The van der Waals surface area contributed by atoms with Gasteiger partial charge in [-0.05, 0) is 12.5 Å². The summed E-state index contributed by atoms with van der Waals surface area (Å²) in [7, 11) is 0. The Bertz CT molecular complexity index is 191. The van der Waals surface area contributed by atoms with Gasteiger partial charge < -0.3 is 4.74 Å². The molecule has 0 atom stereocenters. The van der Waals surface area contributed by atoms with Gasteiger partial charge in [-0.3, -0.25) is 0 Å². The minimum Gasteiger partial charge on any atom is -0.478 e. The van der Waals surface area contributed by atoms with Crippen LogP contribution in [0.2, 0.25) is 0 Å². The van der Waals surface area contributed by atoms with Crippen LogP contribution in [0.3, 0.4) is 0 Å². The normalized spacial score (nSPS) is 8.75. The molecule has 0 amide bonds. The Balaban J connectivity index is 0.00000121. The molecule has 0 radical (unpaired) electrons. The first-order chi connectivity index (χ1) is 5.43. The monoisotopic (exact) mass is 187 g/mol. The highest BCUT2D eigenvalue weighted by Gasteiger charge is 1.89. The average molecular weight is 188 g/mol. The predicted molar refractivity (Wildman–Crippen MR) is 51.9 cm³/mol. The number of hydrogen-bond donors (Lipinski definition) is 0. The lowest BCUT2D eigenvalue weighted by atomic mass is 10.4. The molecule has 0 unspecified atom stereocenters. The Labute approximate surface area is 79.4 Å². The van der Waals surface area contributed by atoms with Crippen LogP contribution in [-0.2, 0) is 0 Å². The molecule has 0 aromatic carbocycles. The molecule has 0 bridgehead atoms. The van der Waals surface area contributed by atoms with Gasteiger partial charge in [0.15, 0.2) is 0 Å². The van der Waals surface area contributed by atoms with Crippen molar-refractivity contribution in [3.63, 3.8) is 0 Å². The van der Waals surface area contributed by atoms with E-state index in [1.807, 2.05) is 18.2 Å². The van der Waals surface area contributed by atoms with Gasteiger partial charge in [0.25, 0.3) is 0 Å². The third-order valence-electron chi connectivity index (χ3n) is 1.39. The van der Waals surface area contributed by atoms with Crippen LogP contribution in [0, 0.1) is 0 Å². The highest BCUT2D eigenvalue weighted by atomic mass is 35.5. The maximum atomic E-state index is 5.34.